The average Bonchev–Trinajstić information content (AvgIpc) is 2.08. The summed E-state index contributed by atoms with van der Waals surface area (Å²) >= 11 is 0. The van der Waals surface area contributed by atoms with E-state index in [0.29, 0.717) is 6.42 Å². The molecule has 1 rings (SSSR count). The molecule has 0 radical (unpaired) electrons. The Morgan fingerprint density at radius 1 is 1.64 bits per heavy atom. The number of cyclic esters (lactones) is 2. The third kappa shape index (κ3) is 1.40. The van der Waals surface area contributed by atoms with Gasteiger partial charge in [0.1, 0.15) is 0 Å². The van der Waals surface area contributed by atoms with E-state index in [9.17, 15) is 14.7 Å². The molecule has 1 N–H and O–H groups in total. The van der Waals surface area contributed by atoms with E-state index >= 15 is 0 Å². The van der Waals surface area contributed by atoms with Gasteiger partial charge in [-0.1, -0.05) is 13.3 Å². The summed E-state index contributed by atoms with van der Waals surface area (Å²) < 4.78 is 4.20. The molecule has 1 aliphatic rings. The van der Waals surface area contributed by atoms with Crippen molar-refractivity contribution in [2.75, 3.05) is 0 Å². The van der Waals surface area contributed by atoms with Crippen LogP contribution >= 0.6 is 0 Å². The number of esters is 2. The quantitative estimate of drug-likeness (QED) is 0.453. The topological polar surface area (TPSA) is 63.6 Å². The van der Waals surface area contributed by atoms with Crippen molar-refractivity contribution in [1.29, 1.82) is 0 Å². The third-order valence-corrected chi connectivity index (χ3v) is 1.69. The Kier molecular flexibility index (Phi) is 1.95. The molecule has 11 heavy (non-hydrogen) atoms. The lowest BCUT2D eigenvalue weighted by Crippen LogP contribution is -2.33. The van der Waals surface area contributed by atoms with Crippen LogP contribution in [0, 0.1) is 0 Å². The summed E-state index contributed by atoms with van der Waals surface area (Å²) in [7, 11) is 0. The average molecular weight is 158 g/mol. The highest BCUT2D eigenvalue weighted by atomic mass is 16.6. The Hall–Kier alpha value is -0.900. The van der Waals surface area contributed by atoms with Gasteiger partial charge in [0.15, 0.2) is 5.60 Å². The van der Waals surface area contributed by atoms with Crippen LogP contribution in [-0.2, 0) is 14.3 Å². The SMILES string of the molecule is CCCC1(O)CC(=O)OC1=O. The molecule has 1 fully saturated rings. The molecule has 0 bridgehead atoms. The third-order valence-electron chi connectivity index (χ3n) is 1.69. The Bertz CT molecular complexity index is 199. The summed E-state index contributed by atoms with van der Waals surface area (Å²) in [5.74, 6) is -1.43. The number of hydrogen-bond acceptors (Lipinski definition) is 4. The maximum atomic E-state index is 10.8. The highest BCUT2D eigenvalue weighted by molar-refractivity contribution is 5.99. The van der Waals surface area contributed by atoms with Crippen molar-refractivity contribution < 1.29 is 19.4 Å². The minimum Gasteiger partial charge on any atom is -0.391 e. The monoisotopic (exact) mass is 158 g/mol. The van der Waals surface area contributed by atoms with Gasteiger partial charge in [0, 0.05) is 0 Å². The lowest BCUT2D eigenvalue weighted by Gasteiger charge is -2.13. The van der Waals surface area contributed by atoms with Gasteiger partial charge in [-0.15, -0.1) is 0 Å². The van der Waals surface area contributed by atoms with Crippen molar-refractivity contribution in [1.82, 2.24) is 0 Å². The zero-order valence-corrected chi connectivity index (χ0v) is 6.29. The van der Waals surface area contributed by atoms with Gasteiger partial charge < -0.3 is 9.84 Å². The predicted molar refractivity (Wildman–Crippen MR) is 35.6 cm³/mol. The molecule has 0 saturated carbocycles. The molecule has 0 amide bonds. The number of hydrogen-bond donors (Lipinski definition) is 1. The fourth-order valence-electron chi connectivity index (χ4n) is 1.15. The molecule has 1 aliphatic heterocycles. The van der Waals surface area contributed by atoms with Crippen LogP contribution in [0.15, 0.2) is 0 Å². The van der Waals surface area contributed by atoms with Gasteiger partial charge >= 0.3 is 11.9 Å². The van der Waals surface area contributed by atoms with Crippen LogP contribution in [0.2, 0.25) is 0 Å². The van der Waals surface area contributed by atoms with Gasteiger partial charge in [0.25, 0.3) is 0 Å². The molecular formula is C7H10O4. The summed E-state index contributed by atoms with van der Waals surface area (Å²) in [5.41, 5.74) is -1.54. The number of carbonyl (C=O) groups is 2. The summed E-state index contributed by atoms with van der Waals surface area (Å²) in [6.07, 6.45) is 0.746. The summed E-state index contributed by atoms with van der Waals surface area (Å²) in [5, 5.41) is 9.43. The van der Waals surface area contributed by atoms with E-state index in [2.05, 4.69) is 4.74 Å². The van der Waals surface area contributed by atoms with Gasteiger partial charge in [-0.05, 0) is 6.42 Å². The Morgan fingerprint density at radius 3 is 2.64 bits per heavy atom. The largest absolute Gasteiger partial charge is 0.391 e. The van der Waals surface area contributed by atoms with Crippen LogP contribution in [-0.4, -0.2) is 22.6 Å². The maximum absolute atomic E-state index is 10.8. The van der Waals surface area contributed by atoms with E-state index in [-0.39, 0.29) is 12.8 Å². The first kappa shape index (κ1) is 8.20. The van der Waals surface area contributed by atoms with Gasteiger partial charge in [-0.2, -0.15) is 0 Å². The second-order valence-electron chi connectivity index (χ2n) is 2.72. The lowest BCUT2D eigenvalue weighted by molar-refractivity contribution is -0.159. The Labute approximate surface area is 64.2 Å². The van der Waals surface area contributed by atoms with Gasteiger partial charge in [-0.25, -0.2) is 4.79 Å². The first-order chi connectivity index (χ1) is 5.08. The molecule has 1 unspecified atom stereocenters. The molecule has 62 valence electrons. The van der Waals surface area contributed by atoms with Crippen LogP contribution in [0.5, 0.6) is 0 Å². The predicted octanol–water partition coefficient (Wildman–Crippen LogP) is -0.00890. The molecular weight excluding hydrogens is 148 g/mol. The van der Waals surface area contributed by atoms with Gasteiger partial charge in [0.2, 0.25) is 0 Å². The van der Waals surface area contributed by atoms with Crippen LogP contribution in [0.3, 0.4) is 0 Å². The van der Waals surface area contributed by atoms with Crippen molar-refractivity contribution in [3.8, 4) is 0 Å². The highest BCUT2D eigenvalue weighted by Crippen LogP contribution is 2.25. The van der Waals surface area contributed by atoms with E-state index in [1.54, 1.807) is 0 Å². The van der Waals surface area contributed by atoms with Crippen LogP contribution in [0.25, 0.3) is 0 Å². The van der Waals surface area contributed by atoms with E-state index in [1.165, 1.54) is 0 Å². The zero-order chi connectivity index (χ0) is 8.48. The fraction of sp³-hybridized carbons (Fsp3) is 0.714. The molecule has 4 nitrogen and oxygen atoms in total. The summed E-state index contributed by atoms with van der Waals surface area (Å²) in [6, 6.07) is 0. The Morgan fingerprint density at radius 2 is 2.27 bits per heavy atom. The van der Waals surface area contributed by atoms with E-state index in [1.807, 2.05) is 6.92 Å². The maximum Gasteiger partial charge on any atom is 0.346 e. The van der Waals surface area contributed by atoms with Gasteiger partial charge in [-0.3, -0.25) is 4.79 Å². The number of aliphatic hydroxyl groups is 1. The molecule has 0 aromatic heterocycles. The normalized spacial score (nSPS) is 30.7. The van der Waals surface area contributed by atoms with E-state index in [4.69, 9.17) is 0 Å². The zero-order valence-electron chi connectivity index (χ0n) is 6.29. The Balaban J connectivity index is 2.70. The molecule has 1 heterocycles. The molecule has 0 spiro atoms. The van der Waals surface area contributed by atoms with Crippen LogP contribution in [0.1, 0.15) is 26.2 Å². The van der Waals surface area contributed by atoms with Crippen molar-refractivity contribution in [3.63, 3.8) is 0 Å². The first-order valence-corrected chi connectivity index (χ1v) is 3.56. The van der Waals surface area contributed by atoms with Crippen molar-refractivity contribution in [2.45, 2.75) is 31.8 Å². The van der Waals surface area contributed by atoms with Crippen molar-refractivity contribution >= 4 is 11.9 Å². The molecule has 0 aromatic carbocycles. The lowest BCUT2D eigenvalue weighted by atomic mass is 9.97. The minimum absolute atomic E-state index is 0.195. The molecule has 1 saturated heterocycles. The van der Waals surface area contributed by atoms with Crippen molar-refractivity contribution in [2.24, 2.45) is 0 Å². The first-order valence-electron chi connectivity index (χ1n) is 3.56. The van der Waals surface area contributed by atoms with Crippen LogP contribution < -0.4 is 0 Å². The second-order valence-corrected chi connectivity index (χ2v) is 2.72. The standard InChI is InChI=1S/C7H10O4/c1-2-3-7(10)4-5(8)11-6(7)9/h10H,2-4H2,1H3. The van der Waals surface area contributed by atoms with Crippen molar-refractivity contribution in [3.05, 3.63) is 0 Å². The van der Waals surface area contributed by atoms with E-state index < -0.39 is 17.5 Å². The molecule has 1 atom stereocenters. The van der Waals surface area contributed by atoms with Gasteiger partial charge in [0.05, 0.1) is 6.42 Å². The highest BCUT2D eigenvalue weighted by Gasteiger charge is 2.46. The van der Waals surface area contributed by atoms with E-state index in [0.717, 1.165) is 0 Å². The molecule has 0 aliphatic carbocycles. The second kappa shape index (κ2) is 2.62. The summed E-state index contributed by atoms with van der Waals surface area (Å²) in [4.78, 5) is 21.3. The number of rotatable bonds is 2. The molecule has 0 aromatic rings. The summed E-state index contributed by atoms with van der Waals surface area (Å²) in [6.45, 7) is 1.83. The molecule has 4 heteroatoms. The van der Waals surface area contributed by atoms with Crippen LogP contribution in [0.4, 0.5) is 0 Å². The fourth-order valence-corrected chi connectivity index (χ4v) is 1.15. The number of ether oxygens (including phenoxy) is 1. The smallest absolute Gasteiger partial charge is 0.346 e. The minimum atomic E-state index is -1.54. The number of carbonyl (C=O) groups excluding carboxylic acids is 2.